The second-order valence-corrected chi connectivity index (χ2v) is 4.80. The maximum absolute atomic E-state index is 12.3. The second kappa shape index (κ2) is 5.40. The Balaban J connectivity index is 2.05. The van der Waals surface area contributed by atoms with Gasteiger partial charge in [0.25, 0.3) is 5.91 Å². The molecular weight excluding hydrogens is 228 g/mol. The summed E-state index contributed by atoms with van der Waals surface area (Å²) in [4.78, 5) is 14.2. The molecule has 1 fully saturated rings. The van der Waals surface area contributed by atoms with Gasteiger partial charge in [-0.05, 0) is 37.5 Å². The minimum Gasteiger partial charge on any atom is -0.398 e. The smallest absolute Gasteiger partial charge is 0.253 e. The lowest BCUT2D eigenvalue weighted by molar-refractivity contribution is 0.0351. The van der Waals surface area contributed by atoms with E-state index in [1.807, 2.05) is 24.0 Å². The van der Waals surface area contributed by atoms with Gasteiger partial charge in [-0.1, -0.05) is 6.07 Å². The molecule has 0 spiro atoms. The van der Waals surface area contributed by atoms with Gasteiger partial charge in [0.2, 0.25) is 0 Å². The number of methoxy groups -OCH3 is 1. The Morgan fingerprint density at radius 3 is 2.61 bits per heavy atom. The third kappa shape index (κ3) is 2.64. The van der Waals surface area contributed by atoms with Crippen molar-refractivity contribution >= 4 is 11.6 Å². The number of ether oxygens (including phenoxy) is 1. The van der Waals surface area contributed by atoms with Crippen LogP contribution in [0.3, 0.4) is 0 Å². The van der Waals surface area contributed by atoms with Crippen LogP contribution in [0.4, 0.5) is 5.69 Å². The van der Waals surface area contributed by atoms with Gasteiger partial charge < -0.3 is 15.4 Å². The Kier molecular flexibility index (Phi) is 3.87. The zero-order valence-corrected chi connectivity index (χ0v) is 11.0. The van der Waals surface area contributed by atoms with Crippen LogP contribution in [-0.2, 0) is 4.74 Å². The minimum absolute atomic E-state index is 0.0660. The second-order valence-electron chi connectivity index (χ2n) is 4.80. The van der Waals surface area contributed by atoms with E-state index in [0.29, 0.717) is 11.3 Å². The average Bonchev–Trinajstić information content (AvgIpc) is 2.41. The molecule has 98 valence electrons. The molecule has 1 aliphatic heterocycles. The quantitative estimate of drug-likeness (QED) is 0.812. The van der Waals surface area contributed by atoms with Gasteiger partial charge >= 0.3 is 0 Å². The number of benzene rings is 1. The molecule has 1 saturated heterocycles. The molecular formula is C14H20N2O2. The summed E-state index contributed by atoms with van der Waals surface area (Å²) in [6.45, 7) is 3.45. The molecule has 4 heteroatoms. The molecule has 2 N–H and O–H groups in total. The fraction of sp³-hybridized carbons (Fsp3) is 0.500. The van der Waals surface area contributed by atoms with E-state index < -0.39 is 0 Å². The fourth-order valence-electron chi connectivity index (χ4n) is 2.25. The van der Waals surface area contributed by atoms with E-state index in [0.717, 1.165) is 31.5 Å². The monoisotopic (exact) mass is 248 g/mol. The third-order valence-electron chi connectivity index (χ3n) is 3.59. The molecule has 1 aromatic rings. The van der Waals surface area contributed by atoms with Crippen LogP contribution in [-0.4, -0.2) is 37.1 Å². The van der Waals surface area contributed by atoms with E-state index in [1.54, 1.807) is 13.2 Å². The SMILES string of the molecule is COC1CCN(C(=O)c2ccc(C)c(N)c2)CC1. The van der Waals surface area contributed by atoms with Gasteiger partial charge in [-0.2, -0.15) is 0 Å². The molecule has 0 saturated carbocycles. The van der Waals surface area contributed by atoms with E-state index in [9.17, 15) is 4.79 Å². The summed E-state index contributed by atoms with van der Waals surface area (Å²) in [5.41, 5.74) is 8.19. The van der Waals surface area contributed by atoms with Gasteiger partial charge in [-0.15, -0.1) is 0 Å². The van der Waals surface area contributed by atoms with Gasteiger partial charge in [0.15, 0.2) is 0 Å². The number of carbonyl (C=O) groups is 1. The maximum Gasteiger partial charge on any atom is 0.253 e. The summed E-state index contributed by atoms with van der Waals surface area (Å²) < 4.78 is 5.30. The van der Waals surface area contributed by atoms with Crippen LogP contribution in [0.1, 0.15) is 28.8 Å². The molecule has 0 aliphatic carbocycles. The van der Waals surface area contributed by atoms with E-state index in [2.05, 4.69) is 0 Å². The average molecular weight is 248 g/mol. The number of rotatable bonds is 2. The summed E-state index contributed by atoms with van der Waals surface area (Å²) in [7, 11) is 1.73. The molecule has 4 nitrogen and oxygen atoms in total. The van der Waals surface area contributed by atoms with Crippen molar-refractivity contribution in [2.24, 2.45) is 0 Å². The van der Waals surface area contributed by atoms with Gasteiger partial charge in [-0.25, -0.2) is 0 Å². The number of amides is 1. The van der Waals surface area contributed by atoms with E-state index in [-0.39, 0.29) is 12.0 Å². The number of hydrogen-bond acceptors (Lipinski definition) is 3. The van der Waals surface area contributed by atoms with Gasteiger partial charge in [0.05, 0.1) is 6.10 Å². The Morgan fingerprint density at radius 2 is 2.06 bits per heavy atom. The largest absolute Gasteiger partial charge is 0.398 e. The standard InChI is InChI=1S/C14H20N2O2/c1-10-3-4-11(9-13(10)15)14(17)16-7-5-12(18-2)6-8-16/h3-4,9,12H,5-8,15H2,1-2H3. The molecule has 0 atom stereocenters. The molecule has 0 bridgehead atoms. The van der Waals surface area contributed by atoms with Crippen molar-refractivity contribution in [1.29, 1.82) is 0 Å². The van der Waals surface area contributed by atoms with Crippen molar-refractivity contribution in [2.45, 2.75) is 25.9 Å². The Morgan fingerprint density at radius 1 is 1.39 bits per heavy atom. The van der Waals surface area contributed by atoms with Crippen LogP contribution in [0.2, 0.25) is 0 Å². The van der Waals surface area contributed by atoms with Crippen molar-refractivity contribution in [3.05, 3.63) is 29.3 Å². The van der Waals surface area contributed by atoms with E-state index >= 15 is 0 Å². The zero-order valence-electron chi connectivity index (χ0n) is 11.0. The predicted octanol–water partition coefficient (Wildman–Crippen LogP) is 1.83. The highest BCUT2D eigenvalue weighted by Gasteiger charge is 2.23. The first-order valence-electron chi connectivity index (χ1n) is 6.30. The number of likely N-dealkylation sites (tertiary alicyclic amines) is 1. The molecule has 1 aliphatic rings. The van der Waals surface area contributed by atoms with Crippen molar-refractivity contribution in [1.82, 2.24) is 4.90 Å². The summed E-state index contributed by atoms with van der Waals surface area (Å²) in [5.74, 6) is 0.0660. The van der Waals surface area contributed by atoms with Crippen molar-refractivity contribution in [3.63, 3.8) is 0 Å². The van der Waals surface area contributed by atoms with Crippen LogP contribution >= 0.6 is 0 Å². The number of nitrogens with zero attached hydrogens (tertiary/aromatic N) is 1. The van der Waals surface area contributed by atoms with Crippen LogP contribution in [0.15, 0.2) is 18.2 Å². The Labute approximate surface area is 108 Å². The van der Waals surface area contributed by atoms with Crippen LogP contribution in [0.25, 0.3) is 0 Å². The summed E-state index contributed by atoms with van der Waals surface area (Å²) in [6, 6.07) is 5.50. The Hall–Kier alpha value is -1.55. The number of nitrogens with two attached hydrogens (primary N) is 1. The van der Waals surface area contributed by atoms with Crippen molar-refractivity contribution in [2.75, 3.05) is 25.9 Å². The molecule has 0 aromatic heterocycles. The van der Waals surface area contributed by atoms with Crippen LogP contribution in [0, 0.1) is 6.92 Å². The highest BCUT2D eigenvalue weighted by molar-refractivity contribution is 5.95. The van der Waals surface area contributed by atoms with Gasteiger partial charge in [-0.3, -0.25) is 4.79 Å². The molecule has 0 radical (unpaired) electrons. The lowest BCUT2D eigenvalue weighted by Gasteiger charge is -2.31. The molecule has 1 aromatic carbocycles. The summed E-state index contributed by atoms with van der Waals surface area (Å²) >= 11 is 0. The summed E-state index contributed by atoms with van der Waals surface area (Å²) in [5, 5.41) is 0. The molecule has 0 unspecified atom stereocenters. The highest BCUT2D eigenvalue weighted by Crippen LogP contribution is 2.18. The number of carbonyl (C=O) groups excluding carboxylic acids is 1. The number of hydrogen-bond donors (Lipinski definition) is 1. The summed E-state index contributed by atoms with van der Waals surface area (Å²) in [6.07, 6.45) is 2.10. The van der Waals surface area contributed by atoms with Gasteiger partial charge in [0.1, 0.15) is 0 Å². The molecule has 18 heavy (non-hydrogen) atoms. The van der Waals surface area contributed by atoms with Crippen LogP contribution < -0.4 is 5.73 Å². The Bertz CT molecular complexity index is 437. The number of anilines is 1. The third-order valence-corrected chi connectivity index (χ3v) is 3.59. The van der Waals surface area contributed by atoms with Crippen LogP contribution in [0.5, 0.6) is 0 Å². The lowest BCUT2D eigenvalue weighted by atomic mass is 10.0. The minimum atomic E-state index is 0.0660. The maximum atomic E-state index is 12.3. The van der Waals surface area contributed by atoms with Crippen molar-refractivity contribution < 1.29 is 9.53 Å². The molecule has 2 rings (SSSR count). The first-order valence-corrected chi connectivity index (χ1v) is 6.30. The molecule has 1 heterocycles. The van der Waals surface area contributed by atoms with E-state index in [1.165, 1.54) is 0 Å². The van der Waals surface area contributed by atoms with Gasteiger partial charge in [0, 0.05) is 31.5 Å². The number of piperidine rings is 1. The normalized spacial score (nSPS) is 16.9. The molecule has 1 amide bonds. The first kappa shape index (κ1) is 12.9. The fourth-order valence-corrected chi connectivity index (χ4v) is 2.25. The lowest BCUT2D eigenvalue weighted by Crippen LogP contribution is -2.40. The zero-order chi connectivity index (χ0) is 13.1. The number of aryl methyl sites for hydroxylation is 1. The topological polar surface area (TPSA) is 55.6 Å². The first-order chi connectivity index (χ1) is 8.61. The van der Waals surface area contributed by atoms with E-state index in [4.69, 9.17) is 10.5 Å². The number of nitrogen functional groups attached to an aromatic ring is 1. The highest BCUT2D eigenvalue weighted by atomic mass is 16.5. The predicted molar refractivity (Wildman–Crippen MR) is 71.5 cm³/mol. The van der Waals surface area contributed by atoms with Crippen molar-refractivity contribution in [3.8, 4) is 0 Å².